The fourth-order valence-electron chi connectivity index (χ4n) is 3.95. The third kappa shape index (κ3) is 3.40. The lowest BCUT2D eigenvalue weighted by molar-refractivity contribution is 0.324. The molecule has 6 nitrogen and oxygen atoms in total. The molecule has 0 saturated carbocycles. The van der Waals surface area contributed by atoms with Gasteiger partial charge in [0.25, 0.3) is 0 Å². The first-order chi connectivity index (χ1) is 13.6. The summed E-state index contributed by atoms with van der Waals surface area (Å²) in [6, 6.07) is 7.65. The molecule has 2 aromatic rings. The van der Waals surface area contributed by atoms with Gasteiger partial charge in [-0.1, -0.05) is 6.07 Å². The lowest BCUT2D eigenvalue weighted by atomic mass is 9.95. The van der Waals surface area contributed by atoms with Gasteiger partial charge in [0, 0.05) is 18.2 Å². The topological polar surface area (TPSA) is 68.8 Å². The van der Waals surface area contributed by atoms with Crippen LogP contribution in [-0.2, 0) is 6.42 Å². The summed E-state index contributed by atoms with van der Waals surface area (Å²) in [5.41, 5.74) is 4.55. The van der Waals surface area contributed by atoms with Crippen molar-refractivity contribution in [3.63, 3.8) is 0 Å². The number of aryl methyl sites for hydroxylation is 1. The van der Waals surface area contributed by atoms with Crippen LogP contribution in [0.3, 0.4) is 0 Å². The molecule has 0 heterocycles. The van der Waals surface area contributed by atoms with Gasteiger partial charge in [0.1, 0.15) is 0 Å². The molecule has 1 unspecified atom stereocenters. The number of ether oxygens (including phenoxy) is 3. The van der Waals surface area contributed by atoms with E-state index in [-0.39, 0.29) is 11.5 Å². The number of nitrogens with one attached hydrogen (secondary N) is 2. The predicted molar refractivity (Wildman–Crippen MR) is 112 cm³/mol. The van der Waals surface area contributed by atoms with E-state index in [1.165, 1.54) is 0 Å². The molecule has 0 saturated heterocycles. The van der Waals surface area contributed by atoms with Crippen LogP contribution in [-0.4, -0.2) is 34.9 Å². The Morgan fingerprint density at radius 3 is 2.43 bits per heavy atom. The number of rotatable bonds is 6. The summed E-state index contributed by atoms with van der Waals surface area (Å²) in [6.07, 6.45) is 1.68. The van der Waals surface area contributed by atoms with Crippen LogP contribution in [0.15, 0.2) is 29.1 Å². The second-order valence-electron chi connectivity index (χ2n) is 6.71. The number of methoxy groups -OCH3 is 3. The molecule has 0 amide bonds. The molecule has 1 atom stereocenters. The van der Waals surface area contributed by atoms with Crippen LogP contribution < -0.4 is 30.3 Å². The smallest absolute Gasteiger partial charge is 0.203 e. The molecule has 28 heavy (non-hydrogen) atoms. The van der Waals surface area contributed by atoms with Gasteiger partial charge >= 0.3 is 0 Å². The van der Waals surface area contributed by atoms with Crippen molar-refractivity contribution in [1.82, 2.24) is 5.32 Å². The highest BCUT2D eigenvalue weighted by molar-refractivity contribution is 5.83. The van der Waals surface area contributed by atoms with Crippen LogP contribution in [0.1, 0.15) is 30.5 Å². The van der Waals surface area contributed by atoms with Gasteiger partial charge in [0.2, 0.25) is 11.2 Å². The average molecular weight is 384 g/mol. The Morgan fingerprint density at radius 1 is 1.07 bits per heavy atom. The SMILES string of the molecule is CCNc1ccc2c(cc1=O)C(NC)CCc1cc(OC)c(OC)c(OC)c1-2. The minimum absolute atomic E-state index is 0.0220. The Hall–Kier alpha value is -2.73. The van der Waals surface area contributed by atoms with E-state index in [9.17, 15) is 4.79 Å². The van der Waals surface area contributed by atoms with Gasteiger partial charge in [0.05, 0.1) is 27.0 Å². The lowest BCUT2D eigenvalue weighted by Crippen LogP contribution is -2.17. The molecule has 0 spiro atoms. The van der Waals surface area contributed by atoms with Crippen LogP contribution in [0, 0.1) is 0 Å². The van der Waals surface area contributed by atoms with Gasteiger partial charge in [-0.15, -0.1) is 0 Å². The average Bonchev–Trinajstić information content (AvgIpc) is 2.95. The second-order valence-corrected chi connectivity index (χ2v) is 6.71. The van der Waals surface area contributed by atoms with Crippen LogP contribution >= 0.6 is 0 Å². The van der Waals surface area contributed by atoms with Gasteiger partial charge in [-0.2, -0.15) is 0 Å². The van der Waals surface area contributed by atoms with E-state index in [0.29, 0.717) is 29.5 Å². The number of benzene rings is 1. The van der Waals surface area contributed by atoms with E-state index < -0.39 is 0 Å². The Balaban J connectivity index is 2.40. The van der Waals surface area contributed by atoms with Crippen molar-refractivity contribution in [3.8, 4) is 28.4 Å². The molecule has 2 aromatic carbocycles. The van der Waals surface area contributed by atoms with Gasteiger partial charge in [-0.05, 0) is 61.7 Å². The fourth-order valence-corrected chi connectivity index (χ4v) is 3.95. The first-order valence-electron chi connectivity index (χ1n) is 9.51. The van der Waals surface area contributed by atoms with E-state index in [4.69, 9.17) is 14.2 Å². The Kier molecular flexibility index (Phi) is 6.09. The van der Waals surface area contributed by atoms with Gasteiger partial charge in [0.15, 0.2) is 11.5 Å². The molecular formula is C22H28N2O4. The zero-order valence-corrected chi connectivity index (χ0v) is 17.1. The molecule has 1 aliphatic rings. The second kappa shape index (κ2) is 8.52. The van der Waals surface area contributed by atoms with Crippen molar-refractivity contribution in [2.24, 2.45) is 0 Å². The third-order valence-electron chi connectivity index (χ3n) is 5.25. The Bertz CT molecular complexity index is 927. The summed E-state index contributed by atoms with van der Waals surface area (Å²) in [5.74, 6) is 1.82. The summed E-state index contributed by atoms with van der Waals surface area (Å²) in [6.45, 7) is 2.66. The summed E-state index contributed by atoms with van der Waals surface area (Å²) in [5, 5.41) is 6.51. The van der Waals surface area contributed by atoms with Crippen molar-refractivity contribution in [2.45, 2.75) is 25.8 Å². The van der Waals surface area contributed by atoms with Crippen molar-refractivity contribution >= 4 is 5.69 Å². The first kappa shape index (κ1) is 20.0. The Morgan fingerprint density at radius 2 is 1.82 bits per heavy atom. The maximum absolute atomic E-state index is 12.8. The van der Waals surface area contributed by atoms with Gasteiger partial charge < -0.3 is 24.8 Å². The summed E-state index contributed by atoms with van der Waals surface area (Å²) in [7, 11) is 6.77. The molecule has 150 valence electrons. The van der Waals surface area contributed by atoms with Gasteiger partial charge in [-0.25, -0.2) is 0 Å². The zero-order valence-electron chi connectivity index (χ0n) is 17.1. The highest BCUT2D eigenvalue weighted by Gasteiger charge is 2.28. The summed E-state index contributed by atoms with van der Waals surface area (Å²) < 4.78 is 16.9. The molecule has 0 aliphatic heterocycles. The normalized spacial score (nSPS) is 15.1. The van der Waals surface area contributed by atoms with Crippen molar-refractivity contribution < 1.29 is 14.2 Å². The van der Waals surface area contributed by atoms with E-state index in [1.54, 1.807) is 27.4 Å². The van der Waals surface area contributed by atoms with Crippen LogP contribution in [0.5, 0.6) is 17.2 Å². The maximum Gasteiger partial charge on any atom is 0.203 e. The molecule has 1 aliphatic carbocycles. The molecule has 0 aromatic heterocycles. The highest BCUT2D eigenvalue weighted by atomic mass is 16.5. The predicted octanol–water partition coefficient (Wildman–Crippen LogP) is 3.38. The highest BCUT2D eigenvalue weighted by Crippen LogP contribution is 2.50. The number of anilines is 1. The van der Waals surface area contributed by atoms with Crippen molar-refractivity contribution in [3.05, 3.63) is 45.6 Å². The molecule has 0 fully saturated rings. The quantitative estimate of drug-likeness (QED) is 0.796. The molecule has 2 N–H and O–H groups in total. The minimum Gasteiger partial charge on any atom is -0.493 e. The van der Waals surface area contributed by atoms with Crippen LogP contribution in [0.2, 0.25) is 0 Å². The third-order valence-corrected chi connectivity index (χ3v) is 5.25. The van der Waals surface area contributed by atoms with Crippen LogP contribution in [0.4, 0.5) is 5.69 Å². The van der Waals surface area contributed by atoms with E-state index in [2.05, 4.69) is 10.6 Å². The van der Waals surface area contributed by atoms with E-state index in [0.717, 1.165) is 35.1 Å². The standard InChI is InChI=1S/C22H28N2O4/c1-6-24-17-10-8-14-15(12-18(17)25)16(23-2)9-7-13-11-19(26-3)21(27-4)22(28-5)20(13)14/h8,10-12,16,23H,6-7,9H2,1-5H3,(H,24,25). The van der Waals surface area contributed by atoms with Crippen molar-refractivity contribution in [2.75, 3.05) is 40.2 Å². The van der Waals surface area contributed by atoms with E-state index in [1.807, 2.05) is 32.2 Å². The number of hydrogen-bond acceptors (Lipinski definition) is 6. The molecular weight excluding hydrogens is 356 g/mol. The zero-order chi connectivity index (χ0) is 20.3. The van der Waals surface area contributed by atoms with Gasteiger partial charge in [-0.3, -0.25) is 4.79 Å². The summed E-state index contributed by atoms with van der Waals surface area (Å²) >= 11 is 0. The van der Waals surface area contributed by atoms with Crippen LogP contribution in [0.25, 0.3) is 11.1 Å². The first-order valence-corrected chi connectivity index (χ1v) is 9.51. The molecule has 0 radical (unpaired) electrons. The van der Waals surface area contributed by atoms with Crippen molar-refractivity contribution in [1.29, 1.82) is 0 Å². The molecule has 3 rings (SSSR count). The van der Waals surface area contributed by atoms with E-state index >= 15 is 0 Å². The largest absolute Gasteiger partial charge is 0.493 e. The number of fused-ring (bicyclic) bond motifs is 3. The monoisotopic (exact) mass is 384 g/mol. The minimum atomic E-state index is -0.0220. The maximum atomic E-state index is 12.8. The lowest BCUT2D eigenvalue weighted by Gasteiger charge is -2.19. The molecule has 0 bridgehead atoms. The molecule has 6 heteroatoms. The number of hydrogen-bond donors (Lipinski definition) is 2. The fraction of sp³-hybridized carbons (Fsp3) is 0.409. The summed E-state index contributed by atoms with van der Waals surface area (Å²) in [4.78, 5) is 12.8. The Labute approximate surface area is 165 Å².